The third-order valence-corrected chi connectivity index (χ3v) is 3.70. The Morgan fingerprint density at radius 1 is 1.12 bits per heavy atom. The van der Waals surface area contributed by atoms with Crippen LogP contribution in [0.15, 0.2) is 48.7 Å². The summed E-state index contributed by atoms with van der Waals surface area (Å²) in [5.74, 6) is 0.808. The number of aromatic nitrogens is 3. The molecule has 0 saturated heterocycles. The van der Waals surface area contributed by atoms with Crippen LogP contribution in [-0.2, 0) is 0 Å². The SMILES string of the molecule is Cc1ccc(Nc2cnnc(Nc3ccccc3C#N)n2)cc1Cl. The van der Waals surface area contributed by atoms with Crippen LogP contribution in [0.4, 0.5) is 23.1 Å². The average molecular weight is 337 g/mol. The van der Waals surface area contributed by atoms with E-state index in [2.05, 4.69) is 31.9 Å². The Morgan fingerprint density at radius 3 is 2.75 bits per heavy atom. The first kappa shape index (κ1) is 15.7. The topological polar surface area (TPSA) is 86.5 Å². The molecule has 2 N–H and O–H groups in total. The maximum Gasteiger partial charge on any atom is 0.249 e. The molecule has 118 valence electrons. The van der Waals surface area contributed by atoms with E-state index < -0.39 is 0 Å². The van der Waals surface area contributed by atoms with E-state index >= 15 is 0 Å². The van der Waals surface area contributed by atoms with Crippen LogP contribution in [0.3, 0.4) is 0 Å². The molecule has 24 heavy (non-hydrogen) atoms. The highest BCUT2D eigenvalue weighted by molar-refractivity contribution is 6.31. The standard InChI is InChI=1S/C17H13ClN6/c1-11-6-7-13(8-14(11)18)21-16-10-20-24-17(23-16)22-15-5-3-2-4-12(15)9-19/h2-8,10H,1H3,(H2,21,22,23,24). The van der Waals surface area contributed by atoms with Crippen molar-refractivity contribution in [2.45, 2.75) is 6.92 Å². The summed E-state index contributed by atoms with van der Waals surface area (Å²) in [4.78, 5) is 4.34. The van der Waals surface area contributed by atoms with Crippen LogP contribution in [0.1, 0.15) is 11.1 Å². The summed E-state index contributed by atoms with van der Waals surface area (Å²) in [7, 11) is 0. The lowest BCUT2D eigenvalue weighted by Crippen LogP contribution is -2.03. The van der Waals surface area contributed by atoms with E-state index in [9.17, 15) is 0 Å². The lowest BCUT2D eigenvalue weighted by Gasteiger charge is -2.09. The molecule has 2 aromatic carbocycles. The minimum atomic E-state index is 0.293. The molecule has 3 aromatic rings. The number of aryl methyl sites for hydroxylation is 1. The monoisotopic (exact) mass is 336 g/mol. The molecule has 0 radical (unpaired) electrons. The normalized spacial score (nSPS) is 10.0. The van der Waals surface area contributed by atoms with Crippen molar-refractivity contribution in [2.24, 2.45) is 0 Å². The summed E-state index contributed by atoms with van der Waals surface area (Å²) in [6.45, 7) is 1.94. The van der Waals surface area contributed by atoms with Gasteiger partial charge in [-0.15, -0.1) is 5.10 Å². The fourth-order valence-electron chi connectivity index (χ4n) is 2.05. The zero-order valence-corrected chi connectivity index (χ0v) is 13.5. The molecule has 0 atom stereocenters. The first-order valence-electron chi connectivity index (χ1n) is 7.15. The molecule has 0 aliphatic rings. The zero-order valence-electron chi connectivity index (χ0n) is 12.8. The Kier molecular flexibility index (Phi) is 4.54. The second-order valence-corrected chi connectivity index (χ2v) is 5.44. The van der Waals surface area contributed by atoms with E-state index in [0.717, 1.165) is 11.3 Å². The van der Waals surface area contributed by atoms with Gasteiger partial charge < -0.3 is 10.6 Å². The van der Waals surface area contributed by atoms with Gasteiger partial charge in [0.1, 0.15) is 6.07 Å². The minimum absolute atomic E-state index is 0.293. The number of para-hydroxylation sites is 1. The van der Waals surface area contributed by atoms with Gasteiger partial charge >= 0.3 is 0 Å². The van der Waals surface area contributed by atoms with Crippen LogP contribution in [0, 0.1) is 18.3 Å². The van der Waals surface area contributed by atoms with E-state index in [1.54, 1.807) is 18.2 Å². The third-order valence-electron chi connectivity index (χ3n) is 3.30. The second-order valence-electron chi connectivity index (χ2n) is 5.04. The molecule has 7 heteroatoms. The van der Waals surface area contributed by atoms with Gasteiger partial charge in [0.25, 0.3) is 0 Å². The summed E-state index contributed by atoms with van der Waals surface area (Å²) < 4.78 is 0. The first-order chi connectivity index (χ1) is 11.7. The van der Waals surface area contributed by atoms with Crippen LogP contribution in [0.25, 0.3) is 0 Å². The fraction of sp³-hybridized carbons (Fsp3) is 0.0588. The van der Waals surface area contributed by atoms with E-state index in [1.807, 2.05) is 31.2 Å². The molecule has 0 aliphatic carbocycles. The maximum atomic E-state index is 9.12. The number of nitriles is 1. The summed E-state index contributed by atoms with van der Waals surface area (Å²) >= 11 is 6.12. The van der Waals surface area contributed by atoms with Crippen LogP contribution >= 0.6 is 11.6 Å². The Balaban J connectivity index is 1.81. The number of anilines is 4. The molecular weight excluding hydrogens is 324 g/mol. The van der Waals surface area contributed by atoms with E-state index in [4.69, 9.17) is 16.9 Å². The molecule has 0 bridgehead atoms. The quantitative estimate of drug-likeness (QED) is 0.742. The number of nitrogens with one attached hydrogen (secondary N) is 2. The predicted octanol–water partition coefficient (Wildman–Crippen LogP) is 4.19. The average Bonchev–Trinajstić information content (AvgIpc) is 2.59. The van der Waals surface area contributed by atoms with Gasteiger partial charge in [-0.2, -0.15) is 15.3 Å². The van der Waals surface area contributed by atoms with Crippen molar-refractivity contribution in [1.82, 2.24) is 15.2 Å². The van der Waals surface area contributed by atoms with E-state index in [1.165, 1.54) is 6.20 Å². The predicted molar refractivity (Wildman–Crippen MR) is 93.7 cm³/mol. The van der Waals surface area contributed by atoms with Crippen molar-refractivity contribution in [3.63, 3.8) is 0 Å². The number of hydrogen-bond donors (Lipinski definition) is 2. The van der Waals surface area contributed by atoms with Crippen molar-refractivity contribution in [2.75, 3.05) is 10.6 Å². The highest BCUT2D eigenvalue weighted by atomic mass is 35.5. The van der Waals surface area contributed by atoms with Gasteiger partial charge in [-0.05, 0) is 36.8 Å². The molecule has 3 rings (SSSR count). The molecule has 0 unspecified atom stereocenters. The molecule has 0 aliphatic heterocycles. The van der Waals surface area contributed by atoms with Crippen molar-refractivity contribution in [3.05, 3.63) is 64.8 Å². The Labute approximate surface area is 144 Å². The molecule has 0 amide bonds. The zero-order chi connectivity index (χ0) is 16.9. The number of hydrogen-bond acceptors (Lipinski definition) is 6. The van der Waals surface area contributed by atoms with Crippen molar-refractivity contribution in [3.8, 4) is 6.07 Å². The molecular formula is C17H13ClN6. The molecule has 0 fully saturated rings. The minimum Gasteiger partial charge on any atom is -0.339 e. The molecule has 0 spiro atoms. The molecule has 6 nitrogen and oxygen atoms in total. The van der Waals surface area contributed by atoms with Crippen LogP contribution < -0.4 is 10.6 Å². The van der Waals surface area contributed by atoms with Gasteiger partial charge in [-0.1, -0.05) is 29.8 Å². The van der Waals surface area contributed by atoms with Gasteiger partial charge in [0.15, 0.2) is 5.82 Å². The number of benzene rings is 2. The fourth-order valence-corrected chi connectivity index (χ4v) is 2.23. The summed E-state index contributed by atoms with van der Waals surface area (Å²) in [5, 5.41) is 23.8. The van der Waals surface area contributed by atoms with Crippen LogP contribution in [0.5, 0.6) is 0 Å². The number of rotatable bonds is 4. The maximum absolute atomic E-state index is 9.12. The van der Waals surface area contributed by atoms with E-state index in [-0.39, 0.29) is 0 Å². The lowest BCUT2D eigenvalue weighted by molar-refractivity contribution is 0.982. The van der Waals surface area contributed by atoms with Gasteiger partial charge in [-0.3, -0.25) is 0 Å². The van der Waals surface area contributed by atoms with Crippen LogP contribution in [0.2, 0.25) is 5.02 Å². The molecule has 1 heterocycles. The summed E-state index contributed by atoms with van der Waals surface area (Å²) in [6, 6.07) is 14.9. The second kappa shape index (κ2) is 6.94. The van der Waals surface area contributed by atoms with Gasteiger partial charge in [-0.25, -0.2) is 0 Å². The smallest absolute Gasteiger partial charge is 0.249 e. The molecule has 0 saturated carbocycles. The Bertz CT molecular complexity index is 919. The van der Waals surface area contributed by atoms with Crippen molar-refractivity contribution < 1.29 is 0 Å². The summed E-state index contributed by atoms with van der Waals surface area (Å²) in [5.41, 5.74) is 2.93. The Hall–Kier alpha value is -3.17. The van der Waals surface area contributed by atoms with E-state index in [0.29, 0.717) is 28.0 Å². The Morgan fingerprint density at radius 2 is 1.96 bits per heavy atom. The highest BCUT2D eigenvalue weighted by Gasteiger charge is 2.06. The third kappa shape index (κ3) is 3.59. The van der Waals surface area contributed by atoms with Gasteiger partial charge in [0.05, 0.1) is 17.4 Å². The van der Waals surface area contributed by atoms with Crippen molar-refractivity contribution >= 4 is 34.7 Å². The van der Waals surface area contributed by atoms with Gasteiger partial charge in [0, 0.05) is 10.7 Å². The largest absolute Gasteiger partial charge is 0.339 e. The van der Waals surface area contributed by atoms with Crippen LogP contribution in [-0.4, -0.2) is 15.2 Å². The molecule has 1 aromatic heterocycles. The highest BCUT2D eigenvalue weighted by Crippen LogP contribution is 2.23. The lowest BCUT2D eigenvalue weighted by atomic mass is 10.2. The van der Waals surface area contributed by atoms with Crippen molar-refractivity contribution in [1.29, 1.82) is 5.26 Å². The summed E-state index contributed by atoms with van der Waals surface area (Å²) in [6.07, 6.45) is 1.51. The first-order valence-corrected chi connectivity index (χ1v) is 7.52. The van der Waals surface area contributed by atoms with Gasteiger partial charge in [0.2, 0.25) is 5.95 Å². The number of nitrogens with zero attached hydrogens (tertiary/aromatic N) is 4. The number of halogens is 1.